The maximum Gasteiger partial charge on any atom is 0.0628 e. The van der Waals surface area contributed by atoms with Crippen LogP contribution in [0.5, 0.6) is 0 Å². The molecule has 17 heavy (non-hydrogen) atoms. The third kappa shape index (κ3) is 4.63. The predicted octanol–water partition coefficient (Wildman–Crippen LogP) is 1.66. The molecule has 0 saturated heterocycles. The number of nitriles is 1. The topological polar surface area (TPSA) is 45.5 Å². The third-order valence-corrected chi connectivity index (χ3v) is 3.56. The highest BCUT2D eigenvalue weighted by Crippen LogP contribution is 2.49. The van der Waals surface area contributed by atoms with E-state index in [-0.39, 0.29) is 5.41 Å². The number of hydrogen-bond donors (Lipinski definition) is 0. The summed E-state index contributed by atoms with van der Waals surface area (Å²) in [6.45, 7) is 5.54. The van der Waals surface area contributed by atoms with Crippen molar-refractivity contribution in [2.24, 2.45) is 5.41 Å². The van der Waals surface area contributed by atoms with Crippen LogP contribution in [0.4, 0.5) is 0 Å². The van der Waals surface area contributed by atoms with Gasteiger partial charge in [-0.05, 0) is 25.2 Å². The van der Waals surface area contributed by atoms with Crippen LogP contribution in [0.3, 0.4) is 0 Å². The second-order valence-electron chi connectivity index (χ2n) is 5.10. The summed E-state index contributed by atoms with van der Waals surface area (Å²) in [5.41, 5.74) is 0.254. The van der Waals surface area contributed by atoms with Crippen molar-refractivity contribution in [2.75, 3.05) is 40.5 Å². The van der Waals surface area contributed by atoms with Gasteiger partial charge in [0, 0.05) is 39.8 Å². The van der Waals surface area contributed by atoms with Gasteiger partial charge in [-0.25, -0.2) is 0 Å². The summed E-state index contributed by atoms with van der Waals surface area (Å²) in [4.78, 5) is 2.39. The van der Waals surface area contributed by atoms with Crippen LogP contribution in [0.1, 0.15) is 26.2 Å². The van der Waals surface area contributed by atoms with E-state index in [1.165, 1.54) is 12.8 Å². The molecule has 0 aromatic rings. The molecule has 0 radical (unpaired) electrons. The van der Waals surface area contributed by atoms with Gasteiger partial charge < -0.3 is 9.47 Å². The molecule has 0 N–H and O–H groups in total. The van der Waals surface area contributed by atoms with Crippen LogP contribution in [-0.2, 0) is 9.47 Å². The molecule has 98 valence electrons. The fourth-order valence-electron chi connectivity index (χ4n) is 2.18. The van der Waals surface area contributed by atoms with Crippen LogP contribution in [0.15, 0.2) is 0 Å². The molecule has 1 atom stereocenters. The minimum absolute atomic E-state index is 0.254. The summed E-state index contributed by atoms with van der Waals surface area (Å²) in [5, 5.41) is 8.85. The average molecular weight is 240 g/mol. The van der Waals surface area contributed by atoms with E-state index in [4.69, 9.17) is 14.7 Å². The summed E-state index contributed by atoms with van der Waals surface area (Å²) < 4.78 is 10.4. The van der Waals surface area contributed by atoms with E-state index >= 15 is 0 Å². The van der Waals surface area contributed by atoms with Crippen LogP contribution in [0.2, 0.25) is 0 Å². The first-order chi connectivity index (χ1) is 8.17. The van der Waals surface area contributed by atoms with Crippen molar-refractivity contribution in [1.29, 1.82) is 5.26 Å². The van der Waals surface area contributed by atoms with E-state index in [1.54, 1.807) is 14.2 Å². The van der Waals surface area contributed by atoms with E-state index in [1.807, 2.05) is 0 Å². The van der Waals surface area contributed by atoms with Gasteiger partial charge in [-0.3, -0.25) is 4.90 Å². The molecule has 4 nitrogen and oxygen atoms in total. The summed E-state index contributed by atoms with van der Waals surface area (Å²) in [7, 11) is 3.45. The average Bonchev–Trinajstić information content (AvgIpc) is 3.05. The molecule has 1 saturated carbocycles. The zero-order valence-corrected chi connectivity index (χ0v) is 11.2. The number of rotatable bonds is 9. The molecule has 1 aliphatic rings. The molecular weight excluding hydrogens is 216 g/mol. The first kappa shape index (κ1) is 14.4. The summed E-state index contributed by atoms with van der Waals surface area (Å²) >= 11 is 0. The van der Waals surface area contributed by atoms with Gasteiger partial charge in [0.2, 0.25) is 0 Å². The number of hydrogen-bond acceptors (Lipinski definition) is 4. The Hall–Kier alpha value is -0.630. The Bertz CT molecular complexity index is 259. The zero-order chi connectivity index (χ0) is 12.7. The lowest BCUT2D eigenvalue weighted by molar-refractivity contribution is 0.0621. The van der Waals surface area contributed by atoms with Crippen molar-refractivity contribution in [3.05, 3.63) is 0 Å². The van der Waals surface area contributed by atoms with Crippen LogP contribution in [0, 0.1) is 16.7 Å². The SMILES string of the molecule is COCCN(CC1(CC#N)CC1)C(C)COC. The Morgan fingerprint density at radius 3 is 2.53 bits per heavy atom. The molecule has 0 aromatic carbocycles. The van der Waals surface area contributed by atoms with E-state index in [2.05, 4.69) is 17.9 Å². The minimum Gasteiger partial charge on any atom is -0.383 e. The Balaban J connectivity index is 2.48. The molecule has 1 rings (SSSR count). The van der Waals surface area contributed by atoms with Gasteiger partial charge in [0.25, 0.3) is 0 Å². The van der Waals surface area contributed by atoms with Crippen molar-refractivity contribution < 1.29 is 9.47 Å². The van der Waals surface area contributed by atoms with Crippen molar-refractivity contribution in [3.8, 4) is 6.07 Å². The maximum atomic E-state index is 8.85. The van der Waals surface area contributed by atoms with Crippen molar-refractivity contribution in [2.45, 2.75) is 32.2 Å². The second-order valence-corrected chi connectivity index (χ2v) is 5.10. The molecule has 1 fully saturated rings. The summed E-state index contributed by atoms with van der Waals surface area (Å²) in [6.07, 6.45) is 3.05. The van der Waals surface area contributed by atoms with Crippen molar-refractivity contribution in [3.63, 3.8) is 0 Å². The minimum atomic E-state index is 0.254. The maximum absolute atomic E-state index is 8.85. The molecule has 0 amide bonds. The lowest BCUT2D eigenvalue weighted by atomic mass is 10.0. The molecule has 4 heteroatoms. The van der Waals surface area contributed by atoms with Gasteiger partial charge in [-0.2, -0.15) is 5.26 Å². The molecule has 0 aromatic heterocycles. The van der Waals surface area contributed by atoms with E-state index in [0.717, 1.165) is 26.3 Å². The Morgan fingerprint density at radius 1 is 1.35 bits per heavy atom. The Morgan fingerprint density at radius 2 is 2.06 bits per heavy atom. The predicted molar refractivity (Wildman–Crippen MR) is 66.7 cm³/mol. The van der Waals surface area contributed by atoms with Gasteiger partial charge in [0.1, 0.15) is 0 Å². The van der Waals surface area contributed by atoms with Gasteiger partial charge in [-0.15, -0.1) is 0 Å². The van der Waals surface area contributed by atoms with Crippen LogP contribution < -0.4 is 0 Å². The number of ether oxygens (including phenoxy) is 2. The summed E-state index contributed by atoms with van der Waals surface area (Å²) in [6, 6.07) is 2.69. The zero-order valence-electron chi connectivity index (χ0n) is 11.2. The monoisotopic (exact) mass is 240 g/mol. The molecule has 0 heterocycles. The van der Waals surface area contributed by atoms with Crippen molar-refractivity contribution >= 4 is 0 Å². The van der Waals surface area contributed by atoms with Gasteiger partial charge >= 0.3 is 0 Å². The van der Waals surface area contributed by atoms with E-state index in [0.29, 0.717) is 12.5 Å². The number of methoxy groups -OCH3 is 2. The number of nitrogens with zero attached hydrogens (tertiary/aromatic N) is 2. The fraction of sp³-hybridized carbons (Fsp3) is 0.923. The molecular formula is C13H24N2O2. The van der Waals surface area contributed by atoms with Gasteiger partial charge in [0.15, 0.2) is 0 Å². The molecule has 0 aliphatic heterocycles. The Kier molecular flexibility index (Phi) is 5.90. The second kappa shape index (κ2) is 6.95. The van der Waals surface area contributed by atoms with Gasteiger partial charge in [0.05, 0.1) is 19.3 Å². The standard InChI is InChI=1S/C13H24N2O2/c1-12(10-17-3)15(8-9-16-2)11-13(4-5-13)6-7-14/h12H,4-6,8-11H2,1-3H3. The quantitative estimate of drug-likeness (QED) is 0.615. The van der Waals surface area contributed by atoms with Gasteiger partial charge in [-0.1, -0.05) is 0 Å². The molecule has 0 bridgehead atoms. The molecule has 1 aliphatic carbocycles. The third-order valence-electron chi connectivity index (χ3n) is 3.56. The highest BCUT2D eigenvalue weighted by atomic mass is 16.5. The highest BCUT2D eigenvalue weighted by molar-refractivity contribution is 5.01. The molecule has 0 spiro atoms. The lowest BCUT2D eigenvalue weighted by Crippen LogP contribution is -2.42. The summed E-state index contributed by atoms with van der Waals surface area (Å²) in [5.74, 6) is 0. The normalized spacial score (nSPS) is 19.0. The van der Waals surface area contributed by atoms with Crippen molar-refractivity contribution in [1.82, 2.24) is 4.90 Å². The Labute approximate surface area is 104 Å². The smallest absolute Gasteiger partial charge is 0.0628 e. The molecule has 1 unspecified atom stereocenters. The lowest BCUT2D eigenvalue weighted by Gasteiger charge is -2.31. The van der Waals surface area contributed by atoms with Crippen LogP contribution in [-0.4, -0.2) is 51.5 Å². The largest absolute Gasteiger partial charge is 0.383 e. The highest BCUT2D eigenvalue weighted by Gasteiger charge is 2.44. The van der Waals surface area contributed by atoms with E-state index < -0.39 is 0 Å². The van der Waals surface area contributed by atoms with Crippen LogP contribution >= 0.6 is 0 Å². The first-order valence-corrected chi connectivity index (χ1v) is 6.26. The van der Waals surface area contributed by atoms with Crippen LogP contribution in [0.25, 0.3) is 0 Å². The van der Waals surface area contributed by atoms with E-state index in [9.17, 15) is 0 Å². The first-order valence-electron chi connectivity index (χ1n) is 6.26. The fourth-order valence-corrected chi connectivity index (χ4v) is 2.18.